The fourth-order valence-corrected chi connectivity index (χ4v) is 4.42. The van der Waals surface area contributed by atoms with E-state index in [1.807, 2.05) is 126 Å². The van der Waals surface area contributed by atoms with E-state index in [1.165, 1.54) is 11.1 Å². The predicted octanol–water partition coefficient (Wildman–Crippen LogP) is 13.2. The summed E-state index contributed by atoms with van der Waals surface area (Å²) in [4.78, 5) is 0. The number of aryl methyl sites for hydroxylation is 6. The molecule has 5 rings (SSSR count). The van der Waals surface area contributed by atoms with Gasteiger partial charge in [0.25, 0.3) is 0 Å². The Balaban J connectivity index is 1.22. The van der Waals surface area contributed by atoms with Crippen molar-refractivity contribution in [3.8, 4) is 0 Å². The maximum Gasteiger partial charge on any atom is 0.0887 e. The topological polar surface area (TPSA) is 98.9 Å². The van der Waals surface area contributed by atoms with E-state index in [0.717, 1.165) is 67.8 Å². The summed E-state index contributed by atoms with van der Waals surface area (Å²) in [6.07, 6.45) is 0. The molecule has 0 N–H and O–H groups in total. The van der Waals surface area contributed by atoms with Crippen LogP contribution in [0.4, 0.5) is 45.5 Å². The van der Waals surface area contributed by atoms with Crippen LogP contribution >= 0.6 is 0 Å². The van der Waals surface area contributed by atoms with Gasteiger partial charge in [-0.2, -0.15) is 40.9 Å². The Bertz CT molecular complexity index is 1920. The van der Waals surface area contributed by atoms with E-state index in [4.69, 9.17) is 0 Å². The molecule has 0 fully saturated rings. The highest BCUT2D eigenvalue weighted by Crippen LogP contribution is 2.32. The zero-order valence-corrected chi connectivity index (χ0v) is 25.8. The molecule has 44 heavy (non-hydrogen) atoms. The molecule has 5 aromatic rings. The summed E-state index contributed by atoms with van der Waals surface area (Å²) < 4.78 is 0. The standard InChI is InChI=1S/C36H34N8/c1-23-7-10-29(11-8-23)37-41-34-16-12-31(20-26(34)4)39-43-36-18-14-32(22-28(36)6)40-44-35-17-13-30(21-27(35)5)38-42-33-15-9-24(2)19-25(33)3/h7-22H,1-6H3. The highest BCUT2D eigenvalue weighted by Gasteiger charge is 2.04. The average molecular weight is 579 g/mol. The van der Waals surface area contributed by atoms with Crippen LogP contribution in [0.1, 0.15) is 33.4 Å². The van der Waals surface area contributed by atoms with Crippen LogP contribution in [0.2, 0.25) is 0 Å². The Hall–Kier alpha value is -5.50. The smallest absolute Gasteiger partial charge is 0.0887 e. The molecule has 0 aliphatic heterocycles. The molecule has 0 saturated carbocycles. The first kappa shape index (κ1) is 30.0. The van der Waals surface area contributed by atoms with Crippen LogP contribution in [0.5, 0.6) is 0 Å². The molecule has 0 saturated heterocycles. The molecule has 218 valence electrons. The first-order chi connectivity index (χ1) is 21.2. The molecule has 5 aromatic carbocycles. The lowest BCUT2D eigenvalue weighted by Gasteiger charge is -2.03. The molecule has 0 radical (unpaired) electrons. The second-order valence-electron chi connectivity index (χ2n) is 10.8. The van der Waals surface area contributed by atoms with Gasteiger partial charge in [-0.1, -0.05) is 35.4 Å². The third kappa shape index (κ3) is 7.86. The zero-order chi connectivity index (χ0) is 31.1. The zero-order valence-electron chi connectivity index (χ0n) is 25.8. The molecule has 0 spiro atoms. The van der Waals surface area contributed by atoms with Crippen molar-refractivity contribution in [1.82, 2.24) is 0 Å². The maximum atomic E-state index is 4.46. The van der Waals surface area contributed by atoms with Crippen molar-refractivity contribution in [2.24, 2.45) is 40.9 Å². The third-order valence-electron chi connectivity index (χ3n) is 7.02. The first-order valence-electron chi connectivity index (χ1n) is 14.4. The molecular formula is C36H34N8. The van der Waals surface area contributed by atoms with Gasteiger partial charge in [-0.3, -0.25) is 0 Å². The van der Waals surface area contributed by atoms with Gasteiger partial charge < -0.3 is 0 Å². The van der Waals surface area contributed by atoms with Crippen molar-refractivity contribution >= 4 is 45.5 Å². The van der Waals surface area contributed by atoms with Gasteiger partial charge in [0.2, 0.25) is 0 Å². The lowest BCUT2D eigenvalue weighted by Crippen LogP contribution is -1.77. The van der Waals surface area contributed by atoms with E-state index in [9.17, 15) is 0 Å². The predicted molar refractivity (Wildman–Crippen MR) is 177 cm³/mol. The summed E-state index contributed by atoms with van der Waals surface area (Å²) in [7, 11) is 0. The summed E-state index contributed by atoms with van der Waals surface area (Å²) in [5.41, 5.74) is 12.6. The van der Waals surface area contributed by atoms with Crippen LogP contribution in [0.25, 0.3) is 0 Å². The summed E-state index contributed by atoms with van der Waals surface area (Å²) in [6.45, 7) is 12.1. The Labute approximate surface area is 258 Å². The van der Waals surface area contributed by atoms with Crippen LogP contribution in [-0.2, 0) is 0 Å². The number of benzene rings is 5. The van der Waals surface area contributed by atoms with Crippen molar-refractivity contribution < 1.29 is 0 Å². The molecule has 8 nitrogen and oxygen atoms in total. The van der Waals surface area contributed by atoms with E-state index in [2.05, 4.69) is 53.9 Å². The number of hydrogen-bond acceptors (Lipinski definition) is 8. The molecule has 0 aromatic heterocycles. The second kappa shape index (κ2) is 13.6. The number of rotatable bonds is 8. The minimum atomic E-state index is 0.735. The number of hydrogen-bond donors (Lipinski definition) is 0. The van der Waals surface area contributed by atoms with E-state index in [0.29, 0.717) is 0 Å². The van der Waals surface area contributed by atoms with Crippen LogP contribution in [-0.4, -0.2) is 0 Å². The quantitative estimate of drug-likeness (QED) is 0.164. The summed E-state index contributed by atoms with van der Waals surface area (Å²) >= 11 is 0. The Morgan fingerprint density at radius 3 is 0.932 bits per heavy atom. The SMILES string of the molecule is Cc1ccc(N=Nc2ccc(N=Nc3ccc(N=Nc4ccc(N=Nc5ccc(C)cc5C)cc4C)cc3C)cc2C)cc1. The van der Waals surface area contributed by atoms with Crippen LogP contribution < -0.4 is 0 Å². The lowest BCUT2D eigenvalue weighted by atomic mass is 10.1. The molecular weight excluding hydrogens is 544 g/mol. The summed E-state index contributed by atoms with van der Waals surface area (Å²) in [6, 6.07) is 31.3. The van der Waals surface area contributed by atoms with Gasteiger partial charge in [0, 0.05) is 0 Å². The lowest BCUT2D eigenvalue weighted by molar-refractivity contribution is 1.17. The van der Waals surface area contributed by atoms with Gasteiger partial charge in [0.15, 0.2) is 0 Å². The van der Waals surface area contributed by atoms with Crippen molar-refractivity contribution in [3.63, 3.8) is 0 Å². The van der Waals surface area contributed by atoms with Crippen LogP contribution in [0, 0.1) is 41.5 Å². The van der Waals surface area contributed by atoms with E-state index >= 15 is 0 Å². The first-order valence-corrected chi connectivity index (χ1v) is 14.4. The van der Waals surface area contributed by atoms with Crippen molar-refractivity contribution in [3.05, 3.63) is 130 Å². The minimum absolute atomic E-state index is 0.735. The van der Waals surface area contributed by atoms with Gasteiger partial charge in [-0.25, -0.2) is 0 Å². The largest absolute Gasteiger partial charge is 0.151 e. The normalized spacial score (nSPS) is 12.0. The summed E-state index contributed by atoms with van der Waals surface area (Å²) in [5.74, 6) is 0. The molecule has 0 aliphatic rings. The number of azo groups is 4. The van der Waals surface area contributed by atoms with Crippen molar-refractivity contribution in [1.29, 1.82) is 0 Å². The molecule has 8 heteroatoms. The van der Waals surface area contributed by atoms with E-state index in [-0.39, 0.29) is 0 Å². The van der Waals surface area contributed by atoms with Crippen molar-refractivity contribution in [2.45, 2.75) is 41.5 Å². The van der Waals surface area contributed by atoms with Gasteiger partial charge >= 0.3 is 0 Å². The van der Waals surface area contributed by atoms with Gasteiger partial charge in [-0.15, -0.1) is 0 Å². The fraction of sp³-hybridized carbons (Fsp3) is 0.167. The molecule has 0 amide bonds. The fourth-order valence-electron chi connectivity index (χ4n) is 4.42. The van der Waals surface area contributed by atoms with Crippen LogP contribution in [0.15, 0.2) is 138 Å². The monoisotopic (exact) mass is 578 g/mol. The Kier molecular flexibility index (Phi) is 9.30. The maximum absolute atomic E-state index is 4.46. The van der Waals surface area contributed by atoms with Gasteiger partial charge in [-0.05, 0) is 137 Å². The molecule has 0 heterocycles. The number of nitrogens with zero attached hydrogens (tertiary/aromatic N) is 8. The van der Waals surface area contributed by atoms with E-state index in [1.54, 1.807) is 0 Å². The Morgan fingerprint density at radius 1 is 0.273 bits per heavy atom. The van der Waals surface area contributed by atoms with Crippen molar-refractivity contribution in [2.75, 3.05) is 0 Å². The molecule has 0 aliphatic carbocycles. The van der Waals surface area contributed by atoms with E-state index < -0.39 is 0 Å². The van der Waals surface area contributed by atoms with Crippen LogP contribution in [0.3, 0.4) is 0 Å². The highest BCUT2D eigenvalue weighted by atomic mass is 15.1. The minimum Gasteiger partial charge on any atom is -0.151 e. The summed E-state index contributed by atoms with van der Waals surface area (Å²) in [5, 5.41) is 35.3. The molecule has 0 unspecified atom stereocenters. The molecule has 0 atom stereocenters. The Morgan fingerprint density at radius 2 is 0.568 bits per heavy atom. The molecule has 0 bridgehead atoms. The third-order valence-corrected chi connectivity index (χ3v) is 7.02. The average Bonchev–Trinajstić information content (AvgIpc) is 3.00. The van der Waals surface area contributed by atoms with Gasteiger partial charge in [0.1, 0.15) is 0 Å². The van der Waals surface area contributed by atoms with Gasteiger partial charge in [0.05, 0.1) is 45.5 Å². The second-order valence-corrected chi connectivity index (χ2v) is 10.8. The highest BCUT2D eigenvalue weighted by molar-refractivity contribution is 5.57.